The van der Waals surface area contributed by atoms with E-state index in [9.17, 15) is 0 Å². The third-order valence-electron chi connectivity index (χ3n) is 4.73. The Bertz CT molecular complexity index is 178. The van der Waals surface area contributed by atoms with E-state index < -0.39 is 0 Å². The maximum absolute atomic E-state index is 3.57. The number of rotatable bonds is 4. The lowest BCUT2D eigenvalue weighted by molar-refractivity contribution is 0.332. The van der Waals surface area contributed by atoms with Crippen molar-refractivity contribution in [3.05, 3.63) is 0 Å². The molecule has 0 spiro atoms. The topological polar surface area (TPSA) is 12.0 Å². The average molecular weight is 195 g/mol. The fraction of sp³-hybridized carbons (Fsp3) is 1.00. The van der Waals surface area contributed by atoms with Crippen molar-refractivity contribution in [3.8, 4) is 0 Å². The molecule has 1 nitrogen and oxygen atoms in total. The molecular formula is C13H25N. The molecule has 4 unspecified atom stereocenters. The molecular weight excluding hydrogens is 170 g/mol. The van der Waals surface area contributed by atoms with Gasteiger partial charge in [0.15, 0.2) is 0 Å². The quantitative estimate of drug-likeness (QED) is 0.727. The van der Waals surface area contributed by atoms with Crippen molar-refractivity contribution in [2.75, 3.05) is 7.05 Å². The molecule has 2 saturated carbocycles. The minimum absolute atomic E-state index is 0.799. The fourth-order valence-electron chi connectivity index (χ4n) is 3.69. The van der Waals surface area contributed by atoms with Gasteiger partial charge in [0, 0.05) is 6.04 Å². The second-order valence-corrected chi connectivity index (χ2v) is 5.39. The van der Waals surface area contributed by atoms with E-state index in [2.05, 4.69) is 26.2 Å². The largest absolute Gasteiger partial charge is 0.316 e. The van der Waals surface area contributed by atoms with Gasteiger partial charge in [-0.1, -0.05) is 33.1 Å². The maximum Gasteiger partial charge on any atom is 0.0123 e. The van der Waals surface area contributed by atoms with E-state index in [4.69, 9.17) is 0 Å². The predicted octanol–water partition coefficient (Wildman–Crippen LogP) is 3.06. The number of fused-ring (bicyclic) bond motifs is 1. The highest BCUT2D eigenvalue weighted by molar-refractivity contribution is 5.05. The molecule has 2 aliphatic carbocycles. The summed E-state index contributed by atoms with van der Waals surface area (Å²) in [6.07, 6.45) is 7.35. The molecule has 0 aromatic carbocycles. The van der Waals surface area contributed by atoms with Gasteiger partial charge in [0.1, 0.15) is 0 Å². The van der Waals surface area contributed by atoms with Crippen LogP contribution in [0.4, 0.5) is 0 Å². The molecule has 0 aromatic rings. The Morgan fingerprint density at radius 2 is 1.79 bits per heavy atom. The van der Waals surface area contributed by atoms with Gasteiger partial charge >= 0.3 is 0 Å². The normalized spacial score (nSPS) is 40.1. The minimum atomic E-state index is 0.799. The van der Waals surface area contributed by atoms with Gasteiger partial charge in [-0.05, 0) is 43.6 Å². The number of nitrogens with one attached hydrogen (secondary N) is 1. The van der Waals surface area contributed by atoms with Crippen molar-refractivity contribution in [2.24, 2.45) is 23.7 Å². The lowest BCUT2D eigenvalue weighted by atomic mass is 9.93. The van der Waals surface area contributed by atoms with E-state index in [0.717, 1.165) is 29.7 Å². The molecule has 2 fully saturated rings. The second kappa shape index (κ2) is 4.22. The van der Waals surface area contributed by atoms with Crippen LogP contribution in [0.15, 0.2) is 0 Å². The van der Waals surface area contributed by atoms with Crippen molar-refractivity contribution in [1.82, 2.24) is 5.32 Å². The molecule has 1 heteroatoms. The molecule has 82 valence electrons. The summed E-state index contributed by atoms with van der Waals surface area (Å²) < 4.78 is 0. The Balaban J connectivity index is 1.93. The summed E-state index contributed by atoms with van der Waals surface area (Å²) in [6.45, 7) is 4.73. The molecule has 0 heterocycles. The first kappa shape index (κ1) is 10.5. The zero-order chi connectivity index (χ0) is 10.1. The molecule has 1 N–H and O–H groups in total. The van der Waals surface area contributed by atoms with Crippen molar-refractivity contribution in [1.29, 1.82) is 0 Å². The molecule has 0 aromatic heterocycles. The first-order chi connectivity index (χ1) is 6.79. The lowest BCUT2D eigenvalue weighted by Crippen LogP contribution is -2.35. The molecule has 0 amide bonds. The summed E-state index contributed by atoms with van der Waals surface area (Å²) in [5.41, 5.74) is 0. The Kier molecular flexibility index (Phi) is 3.16. The van der Waals surface area contributed by atoms with Crippen molar-refractivity contribution < 1.29 is 0 Å². The van der Waals surface area contributed by atoms with Gasteiger partial charge in [0.25, 0.3) is 0 Å². The van der Waals surface area contributed by atoms with Crippen LogP contribution >= 0.6 is 0 Å². The van der Waals surface area contributed by atoms with Crippen LogP contribution in [0.1, 0.15) is 46.0 Å². The van der Waals surface area contributed by atoms with Gasteiger partial charge in [0.2, 0.25) is 0 Å². The molecule has 2 rings (SSSR count). The van der Waals surface area contributed by atoms with E-state index in [1.165, 1.54) is 32.1 Å². The zero-order valence-corrected chi connectivity index (χ0v) is 9.92. The Labute approximate surface area is 88.7 Å². The van der Waals surface area contributed by atoms with E-state index in [0.29, 0.717) is 0 Å². The monoisotopic (exact) mass is 195 g/mol. The van der Waals surface area contributed by atoms with Crippen LogP contribution in [0.2, 0.25) is 0 Å². The van der Waals surface area contributed by atoms with Crippen LogP contribution in [-0.4, -0.2) is 13.1 Å². The smallest absolute Gasteiger partial charge is 0.0123 e. The molecule has 0 saturated heterocycles. The molecule has 14 heavy (non-hydrogen) atoms. The first-order valence-corrected chi connectivity index (χ1v) is 6.46. The Morgan fingerprint density at radius 1 is 1.21 bits per heavy atom. The highest BCUT2D eigenvalue weighted by Gasteiger charge is 2.54. The molecule has 0 radical (unpaired) electrons. The van der Waals surface area contributed by atoms with Crippen molar-refractivity contribution in [3.63, 3.8) is 0 Å². The van der Waals surface area contributed by atoms with Crippen LogP contribution in [0.25, 0.3) is 0 Å². The van der Waals surface area contributed by atoms with Gasteiger partial charge in [0.05, 0.1) is 0 Å². The molecule has 4 atom stereocenters. The van der Waals surface area contributed by atoms with Gasteiger partial charge in [-0.2, -0.15) is 0 Å². The van der Waals surface area contributed by atoms with Crippen molar-refractivity contribution in [2.45, 2.75) is 52.0 Å². The summed E-state index contributed by atoms with van der Waals surface area (Å²) in [5.74, 6) is 4.07. The summed E-state index contributed by atoms with van der Waals surface area (Å²) in [5, 5.41) is 3.57. The predicted molar refractivity (Wildman–Crippen MR) is 61.2 cm³/mol. The highest BCUT2D eigenvalue weighted by atomic mass is 14.9. The van der Waals surface area contributed by atoms with Crippen LogP contribution < -0.4 is 5.32 Å². The van der Waals surface area contributed by atoms with E-state index >= 15 is 0 Å². The third kappa shape index (κ3) is 1.71. The summed E-state index contributed by atoms with van der Waals surface area (Å²) in [7, 11) is 2.15. The van der Waals surface area contributed by atoms with E-state index in [1.54, 1.807) is 0 Å². The zero-order valence-electron chi connectivity index (χ0n) is 9.92. The number of hydrogen-bond donors (Lipinski definition) is 1. The average Bonchev–Trinajstić information content (AvgIpc) is 2.94. The maximum atomic E-state index is 3.57. The Morgan fingerprint density at radius 3 is 2.21 bits per heavy atom. The van der Waals surface area contributed by atoms with Gasteiger partial charge in [-0.25, -0.2) is 0 Å². The highest BCUT2D eigenvalue weighted by Crippen LogP contribution is 2.57. The van der Waals surface area contributed by atoms with E-state index in [-0.39, 0.29) is 0 Å². The lowest BCUT2D eigenvalue weighted by Gasteiger charge is -2.23. The fourth-order valence-corrected chi connectivity index (χ4v) is 3.69. The molecule has 0 bridgehead atoms. The van der Waals surface area contributed by atoms with E-state index in [1.807, 2.05) is 0 Å². The van der Waals surface area contributed by atoms with Crippen molar-refractivity contribution >= 4 is 0 Å². The van der Waals surface area contributed by atoms with Gasteiger partial charge in [-0.15, -0.1) is 0 Å². The first-order valence-electron chi connectivity index (χ1n) is 6.46. The van der Waals surface area contributed by atoms with Crippen LogP contribution in [0, 0.1) is 23.7 Å². The van der Waals surface area contributed by atoms with Gasteiger partial charge in [-0.3, -0.25) is 0 Å². The Hall–Kier alpha value is -0.0400. The third-order valence-corrected chi connectivity index (χ3v) is 4.73. The SMILES string of the molecule is CCC(C)C(NC)C1C2CCCCC21. The molecule has 0 aliphatic heterocycles. The minimum Gasteiger partial charge on any atom is -0.316 e. The molecule has 2 aliphatic rings. The van der Waals surface area contributed by atoms with Crippen LogP contribution in [-0.2, 0) is 0 Å². The number of hydrogen-bond acceptors (Lipinski definition) is 1. The summed E-state index contributed by atoms with van der Waals surface area (Å²) >= 11 is 0. The van der Waals surface area contributed by atoms with Crippen LogP contribution in [0.3, 0.4) is 0 Å². The standard InChI is InChI=1S/C13H25N/c1-4-9(2)13(14-3)12-10-7-5-6-8-11(10)12/h9-14H,4-8H2,1-3H3. The summed E-state index contributed by atoms with van der Waals surface area (Å²) in [6, 6.07) is 0.799. The van der Waals surface area contributed by atoms with Crippen LogP contribution in [0.5, 0.6) is 0 Å². The summed E-state index contributed by atoms with van der Waals surface area (Å²) in [4.78, 5) is 0. The van der Waals surface area contributed by atoms with Gasteiger partial charge < -0.3 is 5.32 Å². The second-order valence-electron chi connectivity index (χ2n) is 5.39.